The van der Waals surface area contributed by atoms with Crippen molar-refractivity contribution in [1.29, 1.82) is 0 Å². The molecule has 2 aromatic rings. The molecular formula is C25H31N3O9. The van der Waals surface area contributed by atoms with Gasteiger partial charge in [-0.1, -0.05) is 39.2 Å². The van der Waals surface area contributed by atoms with Crippen LogP contribution in [-0.4, -0.2) is 51.7 Å². The number of rotatable bonds is 14. The summed E-state index contributed by atoms with van der Waals surface area (Å²) in [6, 6.07) is 6.42. The summed E-state index contributed by atoms with van der Waals surface area (Å²) < 4.78 is 5.49. The summed E-state index contributed by atoms with van der Waals surface area (Å²) in [5.74, 6) is -5.94. The Kier molecular flexibility index (Phi) is 10.8. The first-order valence-corrected chi connectivity index (χ1v) is 11.8. The number of carboxylic acids is 2. The molecule has 0 aliphatic carbocycles. The third kappa shape index (κ3) is 7.64. The summed E-state index contributed by atoms with van der Waals surface area (Å²) in [5, 5.41) is 32.5. The molecule has 0 aliphatic rings. The van der Waals surface area contributed by atoms with Gasteiger partial charge in [0.15, 0.2) is 5.76 Å². The second-order valence-electron chi connectivity index (χ2n) is 8.35. The van der Waals surface area contributed by atoms with Gasteiger partial charge in [0.05, 0.1) is 23.7 Å². The minimum atomic E-state index is -1.42. The highest BCUT2D eigenvalue weighted by Crippen LogP contribution is 2.26. The van der Waals surface area contributed by atoms with Crippen molar-refractivity contribution in [1.82, 2.24) is 16.1 Å². The molecule has 2 rings (SSSR count). The van der Waals surface area contributed by atoms with Crippen molar-refractivity contribution in [2.24, 2.45) is 11.8 Å². The molecule has 0 radical (unpaired) electrons. The van der Waals surface area contributed by atoms with E-state index in [-0.39, 0.29) is 29.3 Å². The number of hydroxylamine groups is 1. The fourth-order valence-electron chi connectivity index (χ4n) is 3.97. The SMILES string of the molecule is CCCCC[C@@H](C(=O)NCNC(=O)c1ccc(-c2ccc(C(=O)O)c(C(=O)O)c2)o1)[C@@H](CC)C(=O)NO. The van der Waals surface area contributed by atoms with Crippen LogP contribution in [-0.2, 0) is 9.59 Å². The lowest BCUT2D eigenvalue weighted by Gasteiger charge is -2.24. The molecule has 0 spiro atoms. The van der Waals surface area contributed by atoms with E-state index in [4.69, 9.17) is 14.7 Å². The normalized spacial score (nSPS) is 12.3. The average molecular weight is 518 g/mol. The predicted octanol–water partition coefficient (Wildman–Crippen LogP) is 2.87. The second kappa shape index (κ2) is 13.8. The van der Waals surface area contributed by atoms with Crippen molar-refractivity contribution in [2.45, 2.75) is 46.0 Å². The maximum Gasteiger partial charge on any atom is 0.336 e. The number of furan rings is 1. The molecule has 1 aromatic heterocycles. The van der Waals surface area contributed by atoms with Gasteiger partial charge in [0.1, 0.15) is 5.76 Å². The Morgan fingerprint density at radius 3 is 2.16 bits per heavy atom. The van der Waals surface area contributed by atoms with Gasteiger partial charge in [-0.3, -0.25) is 19.6 Å². The van der Waals surface area contributed by atoms with Gasteiger partial charge in [-0.15, -0.1) is 0 Å². The summed E-state index contributed by atoms with van der Waals surface area (Å²) in [6.45, 7) is 3.51. The van der Waals surface area contributed by atoms with Crippen molar-refractivity contribution >= 4 is 29.7 Å². The van der Waals surface area contributed by atoms with Crippen LogP contribution in [0.3, 0.4) is 0 Å². The van der Waals surface area contributed by atoms with Gasteiger partial charge >= 0.3 is 11.9 Å². The standard InChI is InChI=1S/C25H31N3O9/c1-3-5-6-7-16(15(4-2)22(30)28-36)21(29)26-13-27-23(31)20-11-10-19(37-20)14-8-9-17(24(32)33)18(12-14)25(34)35/h8-12,15-16,36H,3-7,13H2,1-2H3,(H,26,29)(H,27,31)(H,28,30)(H,32,33)(H,34,35)/t15-,16-/m1/s1. The van der Waals surface area contributed by atoms with Crippen LogP contribution in [0.15, 0.2) is 34.7 Å². The van der Waals surface area contributed by atoms with Gasteiger partial charge in [0, 0.05) is 11.5 Å². The van der Waals surface area contributed by atoms with E-state index in [0.717, 1.165) is 31.4 Å². The minimum absolute atomic E-state index is 0.117. The molecule has 3 amide bonds. The van der Waals surface area contributed by atoms with Crippen molar-refractivity contribution in [3.63, 3.8) is 0 Å². The molecule has 0 aliphatic heterocycles. The number of carbonyl (C=O) groups excluding carboxylic acids is 3. The van der Waals surface area contributed by atoms with E-state index >= 15 is 0 Å². The van der Waals surface area contributed by atoms with Crippen LogP contribution in [0.4, 0.5) is 0 Å². The Labute approximate surface area is 213 Å². The molecule has 12 heteroatoms. The number of hydrogen-bond donors (Lipinski definition) is 6. The lowest BCUT2D eigenvalue weighted by molar-refractivity contribution is -0.140. The molecule has 200 valence electrons. The Morgan fingerprint density at radius 2 is 1.57 bits per heavy atom. The van der Waals surface area contributed by atoms with Gasteiger partial charge in [-0.2, -0.15) is 0 Å². The monoisotopic (exact) mass is 517 g/mol. The third-order valence-corrected chi connectivity index (χ3v) is 5.93. The van der Waals surface area contributed by atoms with Crippen LogP contribution in [0, 0.1) is 11.8 Å². The molecule has 1 heterocycles. The highest BCUT2D eigenvalue weighted by Gasteiger charge is 2.32. The molecule has 12 nitrogen and oxygen atoms in total. The van der Waals surface area contributed by atoms with E-state index in [1.165, 1.54) is 18.2 Å². The number of hydrogen-bond acceptors (Lipinski definition) is 7. The quantitative estimate of drug-likeness (QED) is 0.0945. The second-order valence-corrected chi connectivity index (χ2v) is 8.35. The molecule has 0 fully saturated rings. The van der Waals surface area contributed by atoms with E-state index in [0.29, 0.717) is 12.8 Å². The Morgan fingerprint density at radius 1 is 0.865 bits per heavy atom. The Balaban J connectivity index is 2.05. The molecule has 1 aromatic carbocycles. The summed E-state index contributed by atoms with van der Waals surface area (Å²) >= 11 is 0. The van der Waals surface area contributed by atoms with E-state index in [9.17, 15) is 29.1 Å². The summed E-state index contributed by atoms with van der Waals surface area (Å²) in [4.78, 5) is 59.9. The molecule has 0 bridgehead atoms. The summed E-state index contributed by atoms with van der Waals surface area (Å²) in [6.07, 6.45) is 3.32. The first-order valence-electron chi connectivity index (χ1n) is 11.8. The van der Waals surface area contributed by atoms with Crippen molar-refractivity contribution in [2.75, 3.05) is 6.67 Å². The molecule has 6 N–H and O–H groups in total. The molecule has 0 saturated heterocycles. The number of aromatic carboxylic acids is 2. The van der Waals surface area contributed by atoms with Gasteiger partial charge in [0.2, 0.25) is 11.8 Å². The van der Waals surface area contributed by atoms with Crippen molar-refractivity contribution in [3.8, 4) is 11.3 Å². The molecular weight excluding hydrogens is 486 g/mol. The molecule has 37 heavy (non-hydrogen) atoms. The zero-order valence-corrected chi connectivity index (χ0v) is 20.6. The van der Waals surface area contributed by atoms with Gasteiger partial charge in [0.25, 0.3) is 5.91 Å². The lowest BCUT2D eigenvalue weighted by atomic mass is 9.84. The zero-order chi connectivity index (χ0) is 27.5. The fourth-order valence-corrected chi connectivity index (χ4v) is 3.97. The minimum Gasteiger partial charge on any atom is -0.478 e. The largest absolute Gasteiger partial charge is 0.478 e. The zero-order valence-electron chi connectivity index (χ0n) is 20.6. The average Bonchev–Trinajstić information content (AvgIpc) is 3.38. The Hall–Kier alpha value is -4.19. The summed E-state index contributed by atoms with van der Waals surface area (Å²) in [7, 11) is 0. The van der Waals surface area contributed by atoms with Crippen LogP contribution >= 0.6 is 0 Å². The van der Waals surface area contributed by atoms with E-state index in [1.54, 1.807) is 12.4 Å². The van der Waals surface area contributed by atoms with E-state index < -0.39 is 47.1 Å². The maximum absolute atomic E-state index is 12.8. The summed E-state index contributed by atoms with van der Waals surface area (Å²) in [5.41, 5.74) is 1.06. The number of amides is 3. The van der Waals surface area contributed by atoms with Gasteiger partial charge in [-0.25, -0.2) is 15.1 Å². The van der Waals surface area contributed by atoms with E-state index in [1.807, 2.05) is 6.92 Å². The number of nitrogens with one attached hydrogen (secondary N) is 3. The van der Waals surface area contributed by atoms with Crippen LogP contribution in [0.1, 0.15) is 77.2 Å². The first kappa shape index (κ1) is 29.0. The van der Waals surface area contributed by atoms with Gasteiger partial charge in [-0.05, 0) is 37.1 Å². The molecule has 0 saturated carbocycles. The number of carbonyl (C=O) groups is 5. The van der Waals surface area contributed by atoms with Gasteiger partial charge < -0.3 is 25.3 Å². The van der Waals surface area contributed by atoms with Crippen LogP contribution in [0.25, 0.3) is 11.3 Å². The van der Waals surface area contributed by atoms with Crippen LogP contribution < -0.4 is 16.1 Å². The van der Waals surface area contributed by atoms with Crippen LogP contribution in [0.5, 0.6) is 0 Å². The fraction of sp³-hybridized carbons (Fsp3) is 0.400. The third-order valence-electron chi connectivity index (χ3n) is 5.93. The number of carboxylic acid groups (broad SMARTS) is 2. The van der Waals surface area contributed by atoms with E-state index in [2.05, 4.69) is 10.6 Å². The smallest absolute Gasteiger partial charge is 0.336 e. The predicted molar refractivity (Wildman–Crippen MR) is 130 cm³/mol. The molecule has 0 unspecified atom stereocenters. The lowest BCUT2D eigenvalue weighted by Crippen LogP contribution is -2.44. The van der Waals surface area contributed by atoms with Crippen molar-refractivity contribution in [3.05, 3.63) is 47.2 Å². The topological polar surface area (TPSA) is 195 Å². The number of unbranched alkanes of at least 4 members (excludes halogenated alkanes) is 2. The highest BCUT2D eigenvalue weighted by atomic mass is 16.5. The Bertz CT molecular complexity index is 1140. The van der Waals surface area contributed by atoms with Crippen LogP contribution in [0.2, 0.25) is 0 Å². The first-order chi connectivity index (χ1) is 17.6. The molecule has 2 atom stereocenters. The number of benzene rings is 1. The van der Waals surface area contributed by atoms with Crippen molar-refractivity contribution < 1.29 is 43.8 Å². The maximum atomic E-state index is 12.8. The highest BCUT2D eigenvalue weighted by molar-refractivity contribution is 6.02.